The zero-order chi connectivity index (χ0) is 22.7. The van der Waals surface area contributed by atoms with Gasteiger partial charge < -0.3 is 21.7 Å². The molecule has 0 bridgehead atoms. The van der Waals surface area contributed by atoms with Gasteiger partial charge in [-0.2, -0.15) is 5.10 Å². The lowest BCUT2D eigenvalue weighted by molar-refractivity contribution is 0.0950. The number of carbonyl (C=O) groups is 2. The molecule has 166 valence electrons. The molecule has 4 rings (SSSR count). The second-order valence-electron chi connectivity index (χ2n) is 8.11. The molecule has 3 amide bonds. The lowest BCUT2D eigenvalue weighted by Crippen LogP contribution is -2.30. The zero-order valence-electron chi connectivity index (χ0n) is 18.2. The van der Waals surface area contributed by atoms with Gasteiger partial charge in [-0.3, -0.25) is 9.48 Å². The van der Waals surface area contributed by atoms with E-state index in [1.165, 1.54) is 0 Å². The number of hydrogen-bond acceptors (Lipinski definition) is 5. The van der Waals surface area contributed by atoms with Crippen molar-refractivity contribution in [3.63, 3.8) is 0 Å². The summed E-state index contributed by atoms with van der Waals surface area (Å²) in [5.74, 6) is 0.273. The number of nitrogens with two attached hydrogens (primary N) is 1. The van der Waals surface area contributed by atoms with Gasteiger partial charge in [-0.1, -0.05) is 12.1 Å². The SMILES string of the molecule is Cc1cc(N)nc(C)c1CNC(=O)c1cnn(Cc2ccc(NC(=O)NC3CC3)cc2)c1. The maximum atomic E-state index is 12.5. The van der Waals surface area contributed by atoms with E-state index in [4.69, 9.17) is 5.73 Å². The molecule has 1 saturated carbocycles. The van der Waals surface area contributed by atoms with Crippen LogP contribution in [0.4, 0.5) is 16.3 Å². The van der Waals surface area contributed by atoms with Gasteiger partial charge in [0.2, 0.25) is 0 Å². The quantitative estimate of drug-likeness (QED) is 0.456. The van der Waals surface area contributed by atoms with Crippen molar-refractivity contribution < 1.29 is 9.59 Å². The van der Waals surface area contributed by atoms with Crippen molar-refractivity contribution in [1.82, 2.24) is 25.4 Å². The molecule has 1 aliphatic carbocycles. The van der Waals surface area contributed by atoms with E-state index < -0.39 is 0 Å². The molecule has 0 spiro atoms. The number of carbonyl (C=O) groups excluding carboxylic acids is 2. The summed E-state index contributed by atoms with van der Waals surface area (Å²) in [6.07, 6.45) is 5.36. The summed E-state index contributed by atoms with van der Waals surface area (Å²) in [4.78, 5) is 28.6. The van der Waals surface area contributed by atoms with Gasteiger partial charge in [0.1, 0.15) is 5.82 Å². The van der Waals surface area contributed by atoms with E-state index in [-0.39, 0.29) is 11.9 Å². The van der Waals surface area contributed by atoms with E-state index in [0.717, 1.165) is 40.9 Å². The van der Waals surface area contributed by atoms with E-state index in [0.29, 0.717) is 30.5 Å². The average molecular weight is 434 g/mol. The van der Waals surface area contributed by atoms with Crippen LogP contribution in [0.15, 0.2) is 42.7 Å². The highest BCUT2D eigenvalue weighted by Gasteiger charge is 2.23. The van der Waals surface area contributed by atoms with Crippen LogP contribution in [0.25, 0.3) is 0 Å². The third kappa shape index (κ3) is 5.42. The van der Waals surface area contributed by atoms with Crippen LogP contribution < -0.4 is 21.7 Å². The van der Waals surface area contributed by atoms with Gasteiger partial charge in [0.15, 0.2) is 0 Å². The topological polar surface area (TPSA) is 127 Å². The number of nitrogen functional groups attached to an aromatic ring is 1. The van der Waals surface area contributed by atoms with Crippen LogP contribution in [0.3, 0.4) is 0 Å². The third-order valence-electron chi connectivity index (χ3n) is 5.36. The maximum absolute atomic E-state index is 12.5. The van der Waals surface area contributed by atoms with Crippen molar-refractivity contribution >= 4 is 23.4 Å². The predicted octanol–water partition coefficient (Wildman–Crippen LogP) is 2.74. The number of benzene rings is 1. The Morgan fingerprint density at radius 2 is 1.94 bits per heavy atom. The highest BCUT2D eigenvalue weighted by atomic mass is 16.2. The molecule has 1 fully saturated rings. The number of urea groups is 1. The number of amides is 3. The Hall–Kier alpha value is -3.88. The second kappa shape index (κ2) is 9.09. The van der Waals surface area contributed by atoms with Crippen molar-refractivity contribution in [1.29, 1.82) is 0 Å². The Morgan fingerprint density at radius 1 is 1.19 bits per heavy atom. The summed E-state index contributed by atoms with van der Waals surface area (Å²) < 4.78 is 1.71. The number of pyridine rings is 1. The molecule has 0 atom stereocenters. The van der Waals surface area contributed by atoms with Crippen LogP contribution in [0.5, 0.6) is 0 Å². The number of aromatic nitrogens is 3. The lowest BCUT2D eigenvalue weighted by atomic mass is 10.1. The Balaban J connectivity index is 1.31. The first-order valence-corrected chi connectivity index (χ1v) is 10.6. The molecular formula is C23H27N7O2. The third-order valence-corrected chi connectivity index (χ3v) is 5.36. The lowest BCUT2D eigenvalue weighted by Gasteiger charge is -2.11. The van der Waals surface area contributed by atoms with E-state index in [2.05, 4.69) is 26.0 Å². The highest BCUT2D eigenvalue weighted by molar-refractivity contribution is 5.93. The summed E-state index contributed by atoms with van der Waals surface area (Å²) in [5.41, 5.74) is 10.7. The van der Waals surface area contributed by atoms with Crippen LogP contribution in [0.1, 0.15) is 45.6 Å². The number of nitrogens with one attached hydrogen (secondary N) is 3. The number of nitrogens with zero attached hydrogens (tertiary/aromatic N) is 3. The zero-order valence-corrected chi connectivity index (χ0v) is 18.2. The summed E-state index contributed by atoms with van der Waals surface area (Å²) in [5, 5.41) is 12.9. The van der Waals surface area contributed by atoms with Crippen molar-refractivity contribution in [2.45, 2.75) is 45.8 Å². The standard InChI is InChI=1S/C23H27N7O2/c1-14-9-21(24)27-15(2)20(14)11-25-22(31)17-10-26-30(13-17)12-16-3-5-18(6-4-16)28-23(32)29-19-7-8-19/h3-6,9-10,13,19H,7-8,11-12H2,1-2H3,(H2,24,27)(H,25,31)(H2,28,29,32). The number of anilines is 2. The first-order valence-electron chi connectivity index (χ1n) is 10.6. The van der Waals surface area contributed by atoms with Crippen LogP contribution in [-0.2, 0) is 13.1 Å². The van der Waals surface area contributed by atoms with Gasteiger partial charge >= 0.3 is 6.03 Å². The fraction of sp³-hybridized carbons (Fsp3) is 0.304. The van der Waals surface area contributed by atoms with E-state index in [9.17, 15) is 9.59 Å². The Labute approximate surface area is 186 Å². The smallest absolute Gasteiger partial charge is 0.319 e. The first kappa shape index (κ1) is 21.4. The maximum Gasteiger partial charge on any atom is 0.319 e. The minimum atomic E-state index is -0.201. The summed E-state index contributed by atoms with van der Waals surface area (Å²) in [6, 6.07) is 9.49. The molecule has 0 radical (unpaired) electrons. The molecule has 3 aromatic rings. The predicted molar refractivity (Wildman–Crippen MR) is 122 cm³/mol. The molecule has 1 aliphatic rings. The van der Waals surface area contributed by atoms with Gasteiger partial charge in [-0.05, 0) is 61.6 Å². The second-order valence-corrected chi connectivity index (χ2v) is 8.11. The minimum absolute atomic E-state index is 0.178. The monoisotopic (exact) mass is 433 g/mol. The van der Waals surface area contributed by atoms with E-state index in [1.54, 1.807) is 23.1 Å². The molecule has 1 aromatic carbocycles. The van der Waals surface area contributed by atoms with Crippen LogP contribution in [0, 0.1) is 13.8 Å². The number of aryl methyl sites for hydroxylation is 2. The fourth-order valence-electron chi connectivity index (χ4n) is 3.45. The average Bonchev–Trinajstić information content (AvgIpc) is 3.42. The molecule has 0 aliphatic heterocycles. The Bertz CT molecular complexity index is 1110. The van der Waals surface area contributed by atoms with Crippen molar-refractivity contribution in [3.8, 4) is 0 Å². The Kier molecular flexibility index (Phi) is 6.07. The fourth-order valence-corrected chi connectivity index (χ4v) is 3.45. The highest BCUT2D eigenvalue weighted by Crippen LogP contribution is 2.19. The van der Waals surface area contributed by atoms with Crippen LogP contribution in [0.2, 0.25) is 0 Å². The number of hydrogen-bond donors (Lipinski definition) is 4. The van der Waals surface area contributed by atoms with E-state index in [1.807, 2.05) is 38.1 Å². The Morgan fingerprint density at radius 3 is 2.62 bits per heavy atom. The van der Waals surface area contributed by atoms with Crippen molar-refractivity contribution in [2.24, 2.45) is 0 Å². The van der Waals surface area contributed by atoms with Gasteiger partial charge in [0.05, 0.1) is 18.3 Å². The molecule has 9 heteroatoms. The number of rotatable bonds is 7. The molecule has 5 N–H and O–H groups in total. The normalized spacial score (nSPS) is 12.9. The summed E-state index contributed by atoms with van der Waals surface area (Å²) >= 11 is 0. The molecule has 0 unspecified atom stereocenters. The molecule has 2 aromatic heterocycles. The molecular weight excluding hydrogens is 406 g/mol. The van der Waals surface area contributed by atoms with Crippen molar-refractivity contribution in [3.05, 3.63) is 70.7 Å². The van der Waals surface area contributed by atoms with Gasteiger partial charge in [-0.15, -0.1) is 0 Å². The first-order chi connectivity index (χ1) is 15.4. The van der Waals surface area contributed by atoms with Gasteiger partial charge in [0, 0.05) is 30.2 Å². The molecule has 32 heavy (non-hydrogen) atoms. The summed E-state index contributed by atoms with van der Waals surface area (Å²) in [6.45, 7) is 4.72. The van der Waals surface area contributed by atoms with Crippen molar-refractivity contribution in [2.75, 3.05) is 11.1 Å². The van der Waals surface area contributed by atoms with Crippen LogP contribution >= 0.6 is 0 Å². The summed E-state index contributed by atoms with van der Waals surface area (Å²) in [7, 11) is 0. The largest absolute Gasteiger partial charge is 0.384 e. The van der Waals surface area contributed by atoms with Gasteiger partial charge in [-0.25, -0.2) is 9.78 Å². The van der Waals surface area contributed by atoms with Crippen LogP contribution in [-0.4, -0.2) is 32.7 Å². The molecule has 9 nitrogen and oxygen atoms in total. The minimum Gasteiger partial charge on any atom is -0.384 e. The van der Waals surface area contributed by atoms with E-state index >= 15 is 0 Å². The molecule has 2 heterocycles. The van der Waals surface area contributed by atoms with Gasteiger partial charge in [0.25, 0.3) is 5.91 Å². The molecule has 0 saturated heterocycles.